The Kier molecular flexibility index (Phi) is 2.73. The van der Waals surface area contributed by atoms with Gasteiger partial charge in [0.15, 0.2) is 0 Å². The van der Waals surface area contributed by atoms with E-state index >= 15 is 0 Å². The van der Waals surface area contributed by atoms with E-state index in [4.69, 9.17) is 17.4 Å². The van der Waals surface area contributed by atoms with Crippen LogP contribution in [-0.4, -0.2) is 31.9 Å². The number of fused-ring (bicyclic) bond motifs is 1. The molecule has 0 spiro atoms. The minimum atomic E-state index is -3.66. The second-order valence-corrected chi connectivity index (χ2v) is 5.72. The van der Waals surface area contributed by atoms with Gasteiger partial charge in [0.1, 0.15) is 4.99 Å². The fraction of sp³-hybridized carbons (Fsp3) is 0.300. The van der Waals surface area contributed by atoms with Gasteiger partial charge in [-0.2, -0.15) is 0 Å². The molecule has 0 fully saturated rings. The van der Waals surface area contributed by atoms with Gasteiger partial charge in [0.2, 0.25) is 10.0 Å². The van der Waals surface area contributed by atoms with E-state index in [1.165, 1.54) is 6.07 Å². The third-order valence-corrected chi connectivity index (χ3v) is 4.24. The standard InChI is InChI=1S/C10H12N2O2S2/c1-12-6-5-7-8(10(12)15)3-2-4-9(7)16(11,13)14/h2-4H,5-6H2,1H3,(H2,11,13,14). The third kappa shape index (κ3) is 1.83. The molecule has 2 N–H and O–H groups in total. The summed E-state index contributed by atoms with van der Waals surface area (Å²) in [6.07, 6.45) is 0.651. The monoisotopic (exact) mass is 256 g/mol. The van der Waals surface area contributed by atoms with Gasteiger partial charge in [0, 0.05) is 19.2 Å². The Morgan fingerprint density at radius 1 is 1.44 bits per heavy atom. The summed E-state index contributed by atoms with van der Waals surface area (Å²) in [7, 11) is -1.77. The van der Waals surface area contributed by atoms with Crippen molar-refractivity contribution in [2.24, 2.45) is 5.14 Å². The fourth-order valence-corrected chi connectivity index (χ4v) is 2.98. The largest absolute Gasteiger partial charge is 0.365 e. The minimum Gasteiger partial charge on any atom is -0.365 e. The Bertz CT molecular complexity index is 552. The zero-order chi connectivity index (χ0) is 11.9. The highest BCUT2D eigenvalue weighted by molar-refractivity contribution is 7.89. The maximum absolute atomic E-state index is 11.4. The van der Waals surface area contributed by atoms with Crippen LogP contribution in [0.3, 0.4) is 0 Å². The Morgan fingerprint density at radius 2 is 2.12 bits per heavy atom. The van der Waals surface area contributed by atoms with Crippen molar-refractivity contribution in [3.8, 4) is 0 Å². The van der Waals surface area contributed by atoms with Crippen LogP contribution in [0.15, 0.2) is 23.1 Å². The second-order valence-electron chi connectivity index (χ2n) is 3.80. The highest BCUT2D eigenvalue weighted by Crippen LogP contribution is 2.24. The molecule has 1 aliphatic rings. The van der Waals surface area contributed by atoms with Crippen LogP contribution in [-0.2, 0) is 16.4 Å². The van der Waals surface area contributed by atoms with Crippen molar-refractivity contribution in [1.29, 1.82) is 0 Å². The number of benzene rings is 1. The van der Waals surface area contributed by atoms with Crippen LogP contribution in [0.5, 0.6) is 0 Å². The van der Waals surface area contributed by atoms with E-state index in [9.17, 15) is 8.42 Å². The number of primary sulfonamides is 1. The van der Waals surface area contributed by atoms with Crippen LogP contribution in [0.1, 0.15) is 11.1 Å². The number of hydrogen-bond donors (Lipinski definition) is 1. The summed E-state index contributed by atoms with van der Waals surface area (Å²) in [6.45, 7) is 0.721. The fourth-order valence-electron chi connectivity index (χ4n) is 1.88. The summed E-state index contributed by atoms with van der Waals surface area (Å²) in [5.74, 6) is 0. The van der Waals surface area contributed by atoms with Gasteiger partial charge >= 0.3 is 0 Å². The molecular weight excluding hydrogens is 244 g/mol. The molecule has 86 valence electrons. The van der Waals surface area contributed by atoms with Crippen LogP contribution in [0, 0.1) is 0 Å². The predicted octanol–water partition coefficient (Wildman–Crippen LogP) is 0.497. The lowest BCUT2D eigenvalue weighted by Crippen LogP contribution is -2.34. The van der Waals surface area contributed by atoms with E-state index in [1.54, 1.807) is 6.07 Å². The molecule has 0 radical (unpaired) electrons. The number of nitrogens with zero attached hydrogens (tertiary/aromatic N) is 1. The topological polar surface area (TPSA) is 63.4 Å². The molecule has 1 heterocycles. The van der Waals surface area contributed by atoms with Crippen LogP contribution >= 0.6 is 12.2 Å². The molecule has 1 aromatic carbocycles. The maximum Gasteiger partial charge on any atom is 0.238 e. The van der Waals surface area contributed by atoms with Gasteiger partial charge in [-0.3, -0.25) is 0 Å². The molecule has 0 saturated heterocycles. The Balaban J connectivity index is 2.67. The van der Waals surface area contributed by atoms with Crippen molar-refractivity contribution in [3.05, 3.63) is 29.3 Å². The van der Waals surface area contributed by atoms with Crippen molar-refractivity contribution >= 4 is 27.2 Å². The van der Waals surface area contributed by atoms with Crippen molar-refractivity contribution in [1.82, 2.24) is 4.90 Å². The number of nitrogens with two attached hydrogens (primary N) is 1. The smallest absolute Gasteiger partial charge is 0.238 e. The third-order valence-electron chi connectivity index (χ3n) is 2.71. The molecule has 6 heteroatoms. The average Bonchev–Trinajstić information content (AvgIpc) is 2.21. The molecule has 0 atom stereocenters. The molecule has 4 nitrogen and oxygen atoms in total. The van der Waals surface area contributed by atoms with Crippen molar-refractivity contribution in [3.63, 3.8) is 0 Å². The van der Waals surface area contributed by atoms with Crippen molar-refractivity contribution < 1.29 is 8.42 Å². The molecule has 0 aliphatic carbocycles. The van der Waals surface area contributed by atoms with Gasteiger partial charge in [-0.1, -0.05) is 24.4 Å². The predicted molar refractivity (Wildman–Crippen MR) is 65.8 cm³/mol. The molecule has 16 heavy (non-hydrogen) atoms. The highest BCUT2D eigenvalue weighted by atomic mass is 32.2. The quantitative estimate of drug-likeness (QED) is 0.743. The van der Waals surface area contributed by atoms with E-state index in [0.29, 0.717) is 11.4 Å². The lowest BCUT2D eigenvalue weighted by Gasteiger charge is -2.28. The first kappa shape index (κ1) is 11.5. The summed E-state index contributed by atoms with van der Waals surface area (Å²) in [5.41, 5.74) is 1.54. The van der Waals surface area contributed by atoms with Gasteiger partial charge in [-0.25, -0.2) is 13.6 Å². The van der Waals surface area contributed by atoms with Crippen molar-refractivity contribution in [2.45, 2.75) is 11.3 Å². The van der Waals surface area contributed by atoms with Crippen molar-refractivity contribution in [2.75, 3.05) is 13.6 Å². The summed E-state index contributed by atoms with van der Waals surface area (Å²) < 4.78 is 22.8. The van der Waals surface area contributed by atoms with Crippen LogP contribution in [0.4, 0.5) is 0 Å². The summed E-state index contributed by atoms with van der Waals surface area (Å²) in [5, 5.41) is 5.18. The van der Waals surface area contributed by atoms with Crippen LogP contribution in [0.25, 0.3) is 0 Å². The molecule has 2 rings (SSSR count). The maximum atomic E-state index is 11.4. The molecule has 0 unspecified atom stereocenters. The van der Waals surface area contributed by atoms with Gasteiger partial charge in [-0.15, -0.1) is 0 Å². The summed E-state index contributed by atoms with van der Waals surface area (Å²) in [4.78, 5) is 2.80. The van der Waals surface area contributed by atoms with Crippen LogP contribution in [0.2, 0.25) is 0 Å². The lowest BCUT2D eigenvalue weighted by molar-refractivity contribution is 0.501. The Morgan fingerprint density at radius 3 is 2.75 bits per heavy atom. The first-order valence-corrected chi connectivity index (χ1v) is 6.77. The molecule has 0 amide bonds. The Hall–Kier alpha value is -0.980. The molecule has 0 saturated carbocycles. The average molecular weight is 256 g/mol. The van der Waals surface area contributed by atoms with E-state index in [2.05, 4.69) is 0 Å². The SMILES string of the molecule is CN1CCc2c(cccc2S(N)(=O)=O)C1=S. The first-order valence-electron chi connectivity index (χ1n) is 4.81. The molecular formula is C10H12N2O2S2. The number of thiocarbonyl (C=S) groups is 1. The second kappa shape index (κ2) is 3.80. The first-order chi connectivity index (χ1) is 7.41. The molecule has 1 aliphatic heterocycles. The summed E-state index contributed by atoms with van der Waals surface area (Å²) in [6, 6.07) is 5.04. The summed E-state index contributed by atoms with van der Waals surface area (Å²) >= 11 is 5.26. The number of sulfonamides is 1. The molecule has 0 bridgehead atoms. The number of rotatable bonds is 1. The van der Waals surface area contributed by atoms with Gasteiger partial charge in [-0.05, 0) is 18.1 Å². The number of hydrogen-bond acceptors (Lipinski definition) is 3. The van der Waals surface area contributed by atoms with Crippen LogP contribution < -0.4 is 5.14 Å². The molecule has 0 aromatic heterocycles. The zero-order valence-corrected chi connectivity index (χ0v) is 10.4. The van der Waals surface area contributed by atoms with E-state index < -0.39 is 10.0 Å². The highest BCUT2D eigenvalue weighted by Gasteiger charge is 2.24. The molecule has 1 aromatic rings. The Labute approximate surface area is 100 Å². The van der Waals surface area contributed by atoms with E-state index in [-0.39, 0.29) is 4.90 Å². The van der Waals surface area contributed by atoms with E-state index in [1.807, 2.05) is 18.0 Å². The van der Waals surface area contributed by atoms with Gasteiger partial charge in [0.05, 0.1) is 4.90 Å². The minimum absolute atomic E-state index is 0.195. The van der Waals surface area contributed by atoms with Gasteiger partial charge in [0.25, 0.3) is 0 Å². The zero-order valence-electron chi connectivity index (χ0n) is 8.80. The van der Waals surface area contributed by atoms with E-state index in [0.717, 1.165) is 17.7 Å². The number of likely N-dealkylation sites (N-methyl/N-ethyl adjacent to an activating group) is 1. The lowest BCUT2D eigenvalue weighted by atomic mass is 10.0. The van der Waals surface area contributed by atoms with Gasteiger partial charge < -0.3 is 4.90 Å². The normalized spacial score (nSPS) is 16.1.